The number of piperazine rings is 1. The van der Waals surface area contributed by atoms with Gasteiger partial charge in [0.1, 0.15) is 11.6 Å². The van der Waals surface area contributed by atoms with Crippen LogP contribution in [-0.2, 0) is 13.2 Å². The third-order valence-corrected chi connectivity index (χ3v) is 7.22. The quantitative estimate of drug-likeness (QED) is 0.736. The van der Waals surface area contributed by atoms with Gasteiger partial charge < -0.3 is 15.2 Å². The molecule has 6 nitrogen and oxygen atoms in total. The van der Waals surface area contributed by atoms with E-state index in [1.807, 2.05) is 13.8 Å². The Hall–Kier alpha value is -2.13. The van der Waals surface area contributed by atoms with Gasteiger partial charge in [-0.3, -0.25) is 4.90 Å². The van der Waals surface area contributed by atoms with E-state index in [9.17, 15) is 13.2 Å². The number of hydrogen-bond acceptors (Lipinski definition) is 5. The number of rotatable bonds is 3. The fourth-order valence-corrected chi connectivity index (χ4v) is 5.17. The molecule has 3 heterocycles. The van der Waals surface area contributed by atoms with Gasteiger partial charge in [-0.2, -0.15) is 13.2 Å². The summed E-state index contributed by atoms with van der Waals surface area (Å²) >= 11 is 0. The molecule has 2 saturated carbocycles. The number of aromatic nitrogens is 3. The molecule has 0 radical (unpaired) electrons. The zero-order valence-corrected chi connectivity index (χ0v) is 19.9. The monoisotopic (exact) mass is 464 g/mol. The van der Waals surface area contributed by atoms with Gasteiger partial charge in [0.2, 0.25) is 0 Å². The summed E-state index contributed by atoms with van der Waals surface area (Å²) in [4.78, 5) is 13.2. The van der Waals surface area contributed by atoms with E-state index in [1.165, 1.54) is 45.2 Å². The molecule has 2 aliphatic carbocycles. The Labute approximate surface area is 194 Å². The summed E-state index contributed by atoms with van der Waals surface area (Å²) in [7, 11) is 4.05. The highest BCUT2D eigenvalue weighted by atomic mass is 19.4. The first-order chi connectivity index (χ1) is 15.5. The van der Waals surface area contributed by atoms with Crippen LogP contribution in [0.5, 0.6) is 0 Å². The fourth-order valence-electron chi connectivity index (χ4n) is 5.17. The molecule has 2 atom stereocenters. The highest BCUT2D eigenvalue weighted by molar-refractivity contribution is 5.62. The first kappa shape index (κ1) is 24.0. The Morgan fingerprint density at radius 2 is 1.67 bits per heavy atom. The van der Waals surface area contributed by atoms with Gasteiger partial charge >= 0.3 is 6.18 Å². The van der Waals surface area contributed by atoms with Crippen molar-refractivity contribution >= 4 is 5.82 Å². The van der Waals surface area contributed by atoms with Crippen LogP contribution in [-0.4, -0.2) is 63.6 Å². The summed E-state index contributed by atoms with van der Waals surface area (Å²) in [5, 5.41) is 0. The molecule has 9 heteroatoms. The van der Waals surface area contributed by atoms with Crippen molar-refractivity contribution in [3.8, 4) is 11.3 Å². The van der Waals surface area contributed by atoms with Crippen molar-refractivity contribution in [3.63, 3.8) is 0 Å². The highest BCUT2D eigenvalue weighted by Gasteiger charge is 2.47. The van der Waals surface area contributed by atoms with E-state index in [0.29, 0.717) is 11.3 Å². The van der Waals surface area contributed by atoms with Crippen molar-refractivity contribution in [1.29, 1.82) is 0 Å². The molecule has 3 fully saturated rings. The maximum absolute atomic E-state index is 12.8. The van der Waals surface area contributed by atoms with Crippen molar-refractivity contribution in [3.05, 3.63) is 29.8 Å². The molecule has 2 N–H and O–H groups in total. The van der Waals surface area contributed by atoms with E-state index in [4.69, 9.17) is 5.73 Å². The lowest BCUT2D eigenvalue weighted by atomic mass is 10.1. The molecule has 3 aliphatic rings. The maximum atomic E-state index is 12.8. The van der Waals surface area contributed by atoms with Crippen LogP contribution in [0.4, 0.5) is 19.0 Å². The number of imidazole rings is 1. The van der Waals surface area contributed by atoms with Gasteiger partial charge in [-0.25, -0.2) is 9.97 Å². The van der Waals surface area contributed by atoms with Crippen LogP contribution in [0.3, 0.4) is 0 Å². The minimum absolute atomic E-state index is 0.178. The van der Waals surface area contributed by atoms with E-state index in [2.05, 4.69) is 26.8 Å². The number of nitrogens with zero attached hydrogens (tertiary/aromatic N) is 5. The number of fused-ring (bicyclic) bond motifs is 1. The van der Waals surface area contributed by atoms with E-state index < -0.39 is 17.6 Å². The number of anilines is 1. The van der Waals surface area contributed by atoms with Gasteiger partial charge in [0.15, 0.2) is 0 Å². The molecule has 1 saturated heterocycles. The second-order valence-corrected chi connectivity index (χ2v) is 10.1. The number of alkyl halides is 3. The number of nitrogens with two attached hydrogens (primary N) is 1. The molecular formula is C24H35F3N6. The molecule has 33 heavy (non-hydrogen) atoms. The lowest BCUT2D eigenvalue weighted by molar-refractivity contribution is -0.137. The topological polar surface area (TPSA) is 63.2 Å². The zero-order chi connectivity index (χ0) is 23.9. The van der Waals surface area contributed by atoms with Crippen LogP contribution >= 0.6 is 0 Å². The Morgan fingerprint density at radius 3 is 2.21 bits per heavy atom. The van der Waals surface area contributed by atoms with Gasteiger partial charge in [0, 0.05) is 63.1 Å². The van der Waals surface area contributed by atoms with Gasteiger partial charge in [-0.15, -0.1) is 0 Å². The highest BCUT2D eigenvalue weighted by Crippen LogP contribution is 2.53. The normalized spacial score (nSPS) is 25.6. The molecule has 1 aliphatic heterocycles. The second-order valence-electron chi connectivity index (χ2n) is 10.1. The maximum Gasteiger partial charge on any atom is 0.419 e. The third kappa shape index (κ3) is 5.51. The molecular weight excluding hydrogens is 429 g/mol. The standard InChI is InChI=1S/C13H15F3N4.C11H20N2/c1-7(2)12-19-10(6-20(12)3)8-4-9(13(14,15)16)11(17)18-5-8;1-12-2-4-13(5-3-12)11-7-9-6-10(9)8-11/h4-7H,1-3H3,(H2,17,18);9-11H,2-8H2,1H3. The summed E-state index contributed by atoms with van der Waals surface area (Å²) in [5.74, 6) is 2.73. The van der Waals surface area contributed by atoms with Crippen LogP contribution in [0.25, 0.3) is 11.3 Å². The number of nitrogen functional groups attached to an aromatic ring is 1. The molecule has 5 rings (SSSR count). The zero-order valence-electron chi connectivity index (χ0n) is 19.9. The molecule has 0 bridgehead atoms. The van der Waals surface area contributed by atoms with Gasteiger partial charge in [0.25, 0.3) is 0 Å². The Bertz CT molecular complexity index is 952. The summed E-state index contributed by atoms with van der Waals surface area (Å²) in [5.41, 5.74) is 5.10. The van der Waals surface area contributed by atoms with Crippen molar-refractivity contribution in [2.24, 2.45) is 18.9 Å². The Morgan fingerprint density at radius 1 is 1.03 bits per heavy atom. The molecule has 182 valence electrons. The van der Waals surface area contributed by atoms with E-state index in [1.54, 1.807) is 24.2 Å². The summed E-state index contributed by atoms with van der Waals surface area (Å²) in [6.07, 6.45) is 3.06. The second kappa shape index (κ2) is 9.25. The molecule has 2 aromatic rings. The van der Waals surface area contributed by atoms with Gasteiger partial charge in [-0.1, -0.05) is 13.8 Å². The average molecular weight is 465 g/mol. The van der Waals surface area contributed by atoms with Crippen molar-refractivity contribution in [2.45, 2.75) is 51.2 Å². The fraction of sp³-hybridized carbons (Fsp3) is 0.667. The number of pyridine rings is 1. The van der Waals surface area contributed by atoms with Gasteiger partial charge in [-0.05, 0) is 44.2 Å². The first-order valence-corrected chi connectivity index (χ1v) is 11.8. The Kier molecular flexibility index (Phi) is 6.73. The number of aryl methyl sites for hydroxylation is 1. The number of halogens is 3. The minimum Gasteiger partial charge on any atom is -0.383 e. The summed E-state index contributed by atoms with van der Waals surface area (Å²) < 4.78 is 40.2. The Balaban J connectivity index is 0.000000170. The van der Waals surface area contributed by atoms with E-state index in [0.717, 1.165) is 29.8 Å². The molecule has 0 amide bonds. The van der Waals surface area contributed by atoms with Crippen molar-refractivity contribution in [1.82, 2.24) is 24.3 Å². The SMILES string of the molecule is CC(C)c1nc(-c2cnc(N)c(C(F)(F)F)c2)cn1C.CN1CCN(C2CC3CC3C2)CC1. The van der Waals surface area contributed by atoms with Crippen LogP contribution in [0.1, 0.15) is 50.4 Å². The number of hydrogen-bond donors (Lipinski definition) is 1. The molecule has 2 unspecified atom stereocenters. The molecule has 0 aromatic carbocycles. The summed E-state index contributed by atoms with van der Waals surface area (Å²) in [6.45, 7) is 9.14. The van der Waals surface area contributed by atoms with E-state index in [-0.39, 0.29) is 5.92 Å². The van der Waals surface area contributed by atoms with Crippen LogP contribution in [0, 0.1) is 11.8 Å². The van der Waals surface area contributed by atoms with Crippen LogP contribution in [0.15, 0.2) is 18.5 Å². The largest absolute Gasteiger partial charge is 0.419 e. The lowest BCUT2D eigenvalue weighted by Gasteiger charge is -2.37. The average Bonchev–Trinajstić information content (AvgIpc) is 3.15. The number of likely N-dealkylation sites (N-methyl/N-ethyl adjacent to an activating group) is 1. The molecule has 2 aromatic heterocycles. The van der Waals surface area contributed by atoms with Crippen molar-refractivity contribution < 1.29 is 13.2 Å². The van der Waals surface area contributed by atoms with Crippen LogP contribution in [0.2, 0.25) is 0 Å². The first-order valence-electron chi connectivity index (χ1n) is 11.8. The van der Waals surface area contributed by atoms with Crippen molar-refractivity contribution in [2.75, 3.05) is 39.0 Å². The van der Waals surface area contributed by atoms with Gasteiger partial charge in [0.05, 0.1) is 11.3 Å². The van der Waals surface area contributed by atoms with Crippen LogP contribution < -0.4 is 5.73 Å². The lowest BCUT2D eigenvalue weighted by Crippen LogP contribution is -2.48. The smallest absolute Gasteiger partial charge is 0.383 e. The van der Waals surface area contributed by atoms with E-state index >= 15 is 0 Å². The summed E-state index contributed by atoms with van der Waals surface area (Å²) in [6, 6.07) is 1.95. The minimum atomic E-state index is -4.53. The predicted molar refractivity (Wildman–Crippen MR) is 124 cm³/mol. The third-order valence-electron chi connectivity index (χ3n) is 7.22. The molecule has 0 spiro atoms. The predicted octanol–water partition coefficient (Wildman–Crippen LogP) is 4.24.